The molecule has 2 heterocycles. The molecule has 0 saturated carbocycles. The summed E-state index contributed by atoms with van der Waals surface area (Å²) in [7, 11) is 0. The van der Waals surface area contributed by atoms with Gasteiger partial charge in [-0.1, -0.05) is 24.3 Å². The SMILES string of the molecule is Cc1nc2ccccc2n1CC(=O)N(Cc1ccc(F)cc1)C1CCOC(C)(C)C1. The van der Waals surface area contributed by atoms with Crippen LogP contribution >= 0.6 is 0 Å². The molecule has 30 heavy (non-hydrogen) atoms. The Morgan fingerprint density at radius 3 is 2.70 bits per heavy atom. The van der Waals surface area contributed by atoms with Crippen molar-refractivity contribution in [3.05, 3.63) is 65.7 Å². The third kappa shape index (κ3) is 4.38. The highest BCUT2D eigenvalue weighted by Crippen LogP contribution is 2.29. The number of ether oxygens (including phenoxy) is 1. The van der Waals surface area contributed by atoms with Crippen LogP contribution in [0.2, 0.25) is 0 Å². The quantitative estimate of drug-likeness (QED) is 0.625. The van der Waals surface area contributed by atoms with E-state index < -0.39 is 0 Å². The van der Waals surface area contributed by atoms with E-state index in [4.69, 9.17) is 4.74 Å². The number of imidazole rings is 1. The molecule has 0 spiro atoms. The summed E-state index contributed by atoms with van der Waals surface area (Å²) in [4.78, 5) is 20.1. The van der Waals surface area contributed by atoms with Crippen LogP contribution in [0, 0.1) is 12.7 Å². The number of carbonyl (C=O) groups excluding carboxylic acids is 1. The van der Waals surface area contributed by atoms with Crippen molar-refractivity contribution in [2.24, 2.45) is 0 Å². The normalized spacial score (nSPS) is 18.5. The number of halogens is 1. The van der Waals surface area contributed by atoms with Gasteiger partial charge in [0.15, 0.2) is 0 Å². The number of rotatable bonds is 5. The van der Waals surface area contributed by atoms with Crippen LogP contribution in [-0.2, 0) is 22.6 Å². The molecule has 1 aliphatic heterocycles. The molecule has 6 heteroatoms. The Balaban J connectivity index is 1.62. The van der Waals surface area contributed by atoms with Crippen LogP contribution in [0.5, 0.6) is 0 Å². The number of benzene rings is 2. The van der Waals surface area contributed by atoms with E-state index in [9.17, 15) is 9.18 Å². The summed E-state index contributed by atoms with van der Waals surface area (Å²) in [5.74, 6) is 0.580. The summed E-state index contributed by atoms with van der Waals surface area (Å²) in [5, 5.41) is 0. The van der Waals surface area contributed by atoms with Crippen molar-refractivity contribution in [3.8, 4) is 0 Å². The lowest BCUT2D eigenvalue weighted by Gasteiger charge is -2.41. The van der Waals surface area contributed by atoms with E-state index in [2.05, 4.69) is 18.8 Å². The Hall–Kier alpha value is -2.73. The molecule has 5 nitrogen and oxygen atoms in total. The number of aryl methyl sites for hydroxylation is 1. The van der Waals surface area contributed by atoms with Gasteiger partial charge >= 0.3 is 0 Å². The predicted octanol–water partition coefficient (Wildman–Crippen LogP) is 4.47. The highest BCUT2D eigenvalue weighted by atomic mass is 19.1. The lowest BCUT2D eigenvalue weighted by Crippen LogP contribution is -2.49. The molecule has 158 valence electrons. The molecule has 1 atom stereocenters. The number of nitrogens with zero attached hydrogens (tertiary/aromatic N) is 3. The molecule has 4 rings (SSSR count). The molecule has 1 aliphatic rings. The average molecular weight is 410 g/mol. The number of fused-ring (bicyclic) bond motifs is 1. The first-order valence-corrected chi connectivity index (χ1v) is 10.4. The minimum atomic E-state index is -0.276. The second kappa shape index (κ2) is 8.19. The molecule has 1 fully saturated rings. The summed E-state index contributed by atoms with van der Waals surface area (Å²) in [6.45, 7) is 7.35. The van der Waals surface area contributed by atoms with E-state index in [0.29, 0.717) is 13.2 Å². The van der Waals surface area contributed by atoms with E-state index in [0.717, 1.165) is 35.3 Å². The van der Waals surface area contributed by atoms with Gasteiger partial charge in [0.1, 0.15) is 18.2 Å². The van der Waals surface area contributed by atoms with E-state index in [1.165, 1.54) is 12.1 Å². The number of para-hydroxylation sites is 2. The fourth-order valence-electron chi connectivity index (χ4n) is 4.29. The second-order valence-electron chi connectivity index (χ2n) is 8.64. The highest BCUT2D eigenvalue weighted by molar-refractivity contribution is 5.81. The number of carbonyl (C=O) groups is 1. The van der Waals surface area contributed by atoms with E-state index in [1.807, 2.05) is 40.7 Å². The first kappa shape index (κ1) is 20.5. The van der Waals surface area contributed by atoms with Gasteiger partial charge < -0.3 is 14.2 Å². The van der Waals surface area contributed by atoms with Crippen molar-refractivity contribution in [1.29, 1.82) is 0 Å². The second-order valence-corrected chi connectivity index (χ2v) is 8.64. The van der Waals surface area contributed by atoms with Crippen LogP contribution in [0.25, 0.3) is 11.0 Å². The average Bonchev–Trinajstić information content (AvgIpc) is 3.02. The van der Waals surface area contributed by atoms with Crippen molar-refractivity contribution >= 4 is 16.9 Å². The van der Waals surface area contributed by atoms with Gasteiger partial charge in [-0.2, -0.15) is 0 Å². The number of aromatic nitrogens is 2. The van der Waals surface area contributed by atoms with Gasteiger partial charge in [0.2, 0.25) is 5.91 Å². The standard InChI is InChI=1S/C24H28FN3O2/c1-17-26-21-6-4-5-7-22(21)27(17)16-23(29)28(15-18-8-10-19(25)11-9-18)20-12-13-30-24(2,3)14-20/h4-11,20H,12-16H2,1-3H3. The summed E-state index contributed by atoms with van der Waals surface area (Å²) >= 11 is 0. The van der Waals surface area contributed by atoms with Crippen LogP contribution in [0.4, 0.5) is 4.39 Å². The summed E-state index contributed by atoms with van der Waals surface area (Å²) in [6, 6.07) is 14.3. The van der Waals surface area contributed by atoms with Gasteiger partial charge in [0, 0.05) is 19.2 Å². The van der Waals surface area contributed by atoms with Gasteiger partial charge in [-0.25, -0.2) is 9.37 Å². The van der Waals surface area contributed by atoms with Crippen molar-refractivity contribution in [1.82, 2.24) is 14.5 Å². The molecule has 1 unspecified atom stereocenters. The number of hydrogen-bond acceptors (Lipinski definition) is 3. The van der Waals surface area contributed by atoms with Gasteiger partial charge in [0.25, 0.3) is 0 Å². The fourth-order valence-corrected chi connectivity index (χ4v) is 4.29. The molecule has 1 aromatic heterocycles. The molecule has 3 aromatic rings. The Morgan fingerprint density at radius 1 is 1.23 bits per heavy atom. The van der Waals surface area contributed by atoms with Crippen LogP contribution in [0.15, 0.2) is 48.5 Å². The zero-order chi connectivity index (χ0) is 21.3. The lowest BCUT2D eigenvalue weighted by molar-refractivity contribution is -0.141. The largest absolute Gasteiger partial charge is 0.375 e. The molecule has 0 bridgehead atoms. The van der Waals surface area contributed by atoms with Gasteiger partial charge in [-0.3, -0.25) is 4.79 Å². The Morgan fingerprint density at radius 2 is 1.97 bits per heavy atom. The maximum absolute atomic E-state index is 13.6. The third-order valence-electron chi connectivity index (χ3n) is 5.84. The van der Waals surface area contributed by atoms with Crippen LogP contribution in [0.1, 0.15) is 38.1 Å². The molecule has 2 aromatic carbocycles. The highest BCUT2D eigenvalue weighted by Gasteiger charge is 2.34. The monoisotopic (exact) mass is 409 g/mol. The number of hydrogen-bond donors (Lipinski definition) is 0. The van der Waals surface area contributed by atoms with Crippen molar-refractivity contribution in [3.63, 3.8) is 0 Å². The Kier molecular flexibility index (Phi) is 5.60. The zero-order valence-corrected chi connectivity index (χ0v) is 17.8. The van der Waals surface area contributed by atoms with E-state index in [-0.39, 0.29) is 29.9 Å². The summed E-state index contributed by atoms with van der Waals surface area (Å²) < 4.78 is 21.2. The Bertz CT molecular complexity index is 1040. The molecule has 1 saturated heterocycles. The van der Waals surface area contributed by atoms with Crippen molar-refractivity contribution in [2.75, 3.05) is 6.61 Å². The first-order valence-electron chi connectivity index (χ1n) is 10.4. The van der Waals surface area contributed by atoms with Gasteiger partial charge in [0.05, 0.1) is 16.6 Å². The van der Waals surface area contributed by atoms with Crippen molar-refractivity contribution in [2.45, 2.75) is 58.3 Å². The molecule has 0 N–H and O–H groups in total. The van der Waals surface area contributed by atoms with Crippen LogP contribution in [0.3, 0.4) is 0 Å². The predicted molar refractivity (Wildman–Crippen MR) is 114 cm³/mol. The topological polar surface area (TPSA) is 47.4 Å². The molecular formula is C24H28FN3O2. The van der Waals surface area contributed by atoms with Gasteiger partial charge in [-0.15, -0.1) is 0 Å². The van der Waals surface area contributed by atoms with E-state index >= 15 is 0 Å². The molecular weight excluding hydrogens is 381 g/mol. The van der Waals surface area contributed by atoms with Crippen LogP contribution in [-0.4, -0.2) is 38.6 Å². The molecule has 0 radical (unpaired) electrons. The van der Waals surface area contributed by atoms with E-state index in [1.54, 1.807) is 12.1 Å². The van der Waals surface area contributed by atoms with Crippen LogP contribution < -0.4 is 0 Å². The van der Waals surface area contributed by atoms with Crippen molar-refractivity contribution < 1.29 is 13.9 Å². The minimum absolute atomic E-state index is 0.0354. The smallest absolute Gasteiger partial charge is 0.243 e. The molecule has 0 aliphatic carbocycles. The summed E-state index contributed by atoms with van der Waals surface area (Å²) in [5.41, 5.74) is 2.49. The maximum Gasteiger partial charge on any atom is 0.243 e. The maximum atomic E-state index is 13.6. The Labute approximate surface area is 176 Å². The molecule has 1 amide bonds. The lowest BCUT2D eigenvalue weighted by atomic mass is 9.92. The van der Waals surface area contributed by atoms with Gasteiger partial charge in [-0.05, 0) is 63.4 Å². The zero-order valence-electron chi connectivity index (χ0n) is 17.8. The fraction of sp³-hybridized carbons (Fsp3) is 0.417. The minimum Gasteiger partial charge on any atom is -0.375 e. The first-order chi connectivity index (χ1) is 14.3. The number of amides is 1. The summed E-state index contributed by atoms with van der Waals surface area (Å²) in [6.07, 6.45) is 1.56. The third-order valence-corrected chi connectivity index (χ3v) is 5.84.